The molecule has 6 nitrogen and oxygen atoms in total. The first-order valence-corrected chi connectivity index (χ1v) is 10.3. The van der Waals surface area contributed by atoms with Crippen LogP contribution in [0.25, 0.3) is 20.9 Å². The number of rotatable bonds is 3. The zero-order valence-corrected chi connectivity index (χ0v) is 17.0. The van der Waals surface area contributed by atoms with E-state index >= 15 is 0 Å². The van der Waals surface area contributed by atoms with Gasteiger partial charge in [0, 0.05) is 24.6 Å². The van der Waals surface area contributed by atoms with Crippen molar-refractivity contribution in [3.8, 4) is 16.5 Å². The molecule has 2 aromatic heterocycles. The van der Waals surface area contributed by atoms with Crippen molar-refractivity contribution in [3.05, 3.63) is 65.4 Å². The van der Waals surface area contributed by atoms with Crippen LogP contribution in [0.4, 0.5) is 0 Å². The summed E-state index contributed by atoms with van der Waals surface area (Å²) >= 11 is 1.58. The fourth-order valence-corrected chi connectivity index (χ4v) is 4.90. The third kappa shape index (κ3) is 3.17. The quantitative estimate of drug-likeness (QED) is 0.554. The Balaban J connectivity index is 1.43. The molecule has 0 fully saturated rings. The summed E-state index contributed by atoms with van der Waals surface area (Å²) in [4.78, 5) is 17.7. The van der Waals surface area contributed by atoms with E-state index in [9.17, 15) is 4.79 Å². The molecule has 1 aliphatic rings. The molecule has 7 heteroatoms. The van der Waals surface area contributed by atoms with Crippen LogP contribution in [0.1, 0.15) is 33.9 Å². The van der Waals surface area contributed by atoms with Crippen molar-refractivity contribution in [2.45, 2.75) is 19.4 Å². The molecule has 3 heterocycles. The summed E-state index contributed by atoms with van der Waals surface area (Å²) in [7, 11) is 1.92. The third-order valence-electron chi connectivity index (χ3n) is 5.24. The molecule has 0 spiro atoms. The van der Waals surface area contributed by atoms with Crippen molar-refractivity contribution in [1.29, 1.82) is 0 Å². The zero-order chi connectivity index (χ0) is 20.0. The van der Waals surface area contributed by atoms with Crippen LogP contribution in [0, 0.1) is 6.92 Å². The molecule has 146 valence electrons. The summed E-state index contributed by atoms with van der Waals surface area (Å²) in [5, 5.41) is 8.37. The Labute approximate surface area is 172 Å². The van der Waals surface area contributed by atoms with Gasteiger partial charge in [0.1, 0.15) is 10.8 Å². The van der Waals surface area contributed by atoms with E-state index in [4.69, 9.17) is 9.72 Å². The van der Waals surface area contributed by atoms with Crippen molar-refractivity contribution in [2.75, 3.05) is 6.61 Å². The number of fused-ring (bicyclic) bond motifs is 2. The Bertz CT molecular complexity index is 1210. The number of hydrogen-bond donors (Lipinski definition) is 1. The van der Waals surface area contributed by atoms with Crippen molar-refractivity contribution >= 4 is 27.5 Å². The lowest BCUT2D eigenvalue weighted by molar-refractivity contribution is 0.0925. The number of aryl methyl sites for hydroxylation is 2. The van der Waals surface area contributed by atoms with Gasteiger partial charge in [-0.05, 0) is 36.8 Å². The minimum atomic E-state index is -0.0831. The zero-order valence-electron chi connectivity index (χ0n) is 16.2. The number of thiazole rings is 1. The van der Waals surface area contributed by atoms with Crippen LogP contribution in [-0.2, 0) is 7.05 Å². The minimum Gasteiger partial charge on any atom is -0.493 e. The SMILES string of the molecule is Cc1cnn(C)c1-c1nc2ccc(C(=O)NC3CCOc4ccccc43)cc2s1. The molecule has 4 aromatic rings. The maximum absolute atomic E-state index is 12.9. The van der Waals surface area contributed by atoms with Crippen molar-refractivity contribution in [1.82, 2.24) is 20.1 Å². The first-order chi connectivity index (χ1) is 14.1. The van der Waals surface area contributed by atoms with Crippen LogP contribution in [0.3, 0.4) is 0 Å². The molecule has 1 atom stereocenters. The second-order valence-electron chi connectivity index (χ2n) is 7.20. The molecule has 0 radical (unpaired) electrons. The van der Waals surface area contributed by atoms with E-state index in [0.717, 1.165) is 44.2 Å². The number of carbonyl (C=O) groups excluding carboxylic acids is 1. The molecule has 29 heavy (non-hydrogen) atoms. The number of aromatic nitrogens is 3. The molecule has 5 rings (SSSR count). The number of carbonyl (C=O) groups is 1. The second-order valence-corrected chi connectivity index (χ2v) is 8.23. The highest BCUT2D eigenvalue weighted by atomic mass is 32.1. The Morgan fingerprint density at radius 1 is 1.28 bits per heavy atom. The van der Waals surface area contributed by atoms with Gasteiger partial charge < -0.3 is 10.1 Å². The van der Waals surface area contributed by atoms with Crippen LogP contribution in [0.2, 0.25) is 0 Å². The first-order valence-electron chi connectivity index (χ1n) is 9.52. The van der Waals surface area contributed by atoms with Crippen LogP contribution >= 0.6 is 11.3 Å². The minimum absolute atomic E-state index is 0.0442. The number of nitrogens with zero attached hydrogens (tertiary/aromatic N) is 3. The number of nitrogens with one attached hydrogen (secondary N) is 1. The normalized spacial score (nSPS) is 15.7. The molecule has 2 aromatic carbocycles. The Kier molecular flexibility index (Phi) is 4.32. The monoisotopic (exact) mass is 404 g/mol. The maximum atomic E-state index is 12.9. The van der Waals surface area contributed by atoms with Crippen LogP contribution in [-0.4, -0.2) is 27.3 Å². The molecule has 0 saturated heterocycles. The van der Waals surface area contributed by atoms with Crippen LogP contribution < -0.4 is 10.1 Å². The van der Waals surface area contributed by atoms with E-state index in [-0.39, 0.29) is 11.9 Å². The highest BCUT2D eigenvalue weighted by molar-refractivity contribution is 7.21. The highest BCUT2D eigenvalue weighted by Crippen LogP contribution is 2.33. The molecule has 0 saturated carbocycles. The molecular weight excluding hydrogens is 384 g/mol. The van der Waals surface area contributed by atoms with Crippen LogP contribution in [0.5, 0.6) is 5.75 Å². The van der Waals surface area contributed by atoms with Gasteiger partial charge in [-0.2, -0.15) is 5.10 Å². The van der Waals surface area contributed by atoms with Gasteiger partial charge in [0.2, 0.25) is 0 Å². The Morgan fingerprint density at radius 3 is 2.97 bits per heavy atom. The van der Waals surface area contributed by atoms with E-state index in [1.54, 1.807) is 11.3 Å². The van der Waals surface area contributed by atoms with Crippen LogP contribution in [0.15, 0.2) is 48.7 Å². The number of amides is 1. The first kappa shape index (κ1) is 17.9. The van der Waals surface area contributed by atoms with Crippen molar-refractivity contribution in [3.63, 3.8) is 0 Å². The standard InChI is InChI=1S/C22H20N4O2S/c1-13-12-23-26(2)20(13)22-25-17-8-7-14(11-19(17)29-22)21(27)24-16-9-10-28-18-6-4-3-5-15(16)18/h3-8,11-12,16H,9-10H2,1-2H3,(H,24,27). The summed E-state index contributed by atoms with van der Waals surface area (Å²) in [6.07, 6.45) is 2.60. The van der Waals surface area contributed by atoms with Gasteiger partial charge in [0.15, 0.2) is 0 Å². The summed E-state index contributed by atoms with van der Waals surface area (Å²) in [5.74, 6) is 0.762. The van der Waals surface area contributed by atoms with Crippen molar-refractivity contribution < 1.29 is 9.53 Å². The van der Waals surface area contributed by atoms with Gasteiger partial charge in [0.25, 0.3) is 5.91 Å². The van der Waals surface area contributed by atoms with Gasteiger partial charge in [-0.15, -0.1) is 11.3 Å². The number of para-hydroxylation sites is 1. The van der Waals surface area contributed by atoms with E-state index in [1.165, 1.54) is 0 Å². The smallest absolute Gasteiger partial charge is 0.251 e. The second kappa shape index (κ2) is 7.00. The predicted molar refractivity (Wildman–Crippen MR) is 113 cm³/mol. The number of hydrogen-bond acceptors (Lipinski definition) is 5. The highest BCUT2D eigenvalue weighted by Gasteiger charge is 2.23. The van der Waals surface area contributed by atoms with Gasteiger partial charge in [-0.3, -0.25) is 9.48 Å². The molecule has 1 N–H and O–H groups in total. The van der Waals surface area contributed by atoms with Gasteiger partial charge in [-0.1, -0.05) is 18.2 Å². The topological polar surface area (TPSA) is 69.0 Å². The fraction of sp³-hybridized carbons (Fsp3) is 0.227. The average Bonchev–Trinajstić information content (AvgIpc) is 3.29. The van der Waals surface area contributed by atoms with Gasteiger partial charge >= 0.3 is 0 Å². The lowest BCUT2D eigenvalue weighted by atomic mass is 10.00. The molecular formula is C22H20N4O2S. The molecule has 0 bridgehead atoms. The molecule has 0 aliphatic carbocycles. The van der Waals surface area contributed by atoms with Gasteiger partial charge in [0.05, 0.1) is 34.8 Å². The summed E-state index contributed by atoms with van der Waals surface area (Å²) in [6, 6.07) is 13.5. The summed E-state index contributed by atoms with van der Waals surface area (Å²) in [6.45, 7) is 2.63. The molecule has 1 aliphatic heterocycles. The maximum Gasteiger partial charge on any atom is 0.251 e. The van der Waals surface area contributed by atoms with E-state index in [0.29, 0.717) is 12.2 Å². The van der Waals surface area contributed by atoms with E-state index < -0.39 is 0 Å². The lowest BCUT2D eigenvalue weighted by Gasteiger charge is -2.26. The average molecular weight is 404 g/mol. The lowest BCUT2D eigenvalue weighted by Crippen LogP contribution is -2.32. The fourth-order valence-electron chi connectivity index (χ4n) is 3.76. The number of benzene rings is 2. The van der Waals surface area contributed by atoms with E-state index in [1.807, 2.05) is 67.3 Å². The van der Waals surface area contributed by atoms with E-state index in [2.05, 4.69) is 10.4 Å². The molecule has 1 amide bonds. The summed E-state index contributed by atoms with van der Waals surface area (Å²) < 4.78 is 8.51. The van der Waals surface area contributed by atoms with Gasteiger partial charge in [-0.25, -0.2) is 4.98 Å². The third-order valence-corrected chi connectivity index (χ3v) is 6.26. The Morgan fingerprint density at radius 2 is 2.14 bits per heavy atom. The Hall–Kier alpha value is -3.19. The number of ether oxygens (including phenoxy) is 1. The largest absolute Gasteiger partial charge is 0.493 e. The predicted octanol–water partition coefficient (Wildman–Crippen LogP) is 4.26. The van der Waals surface area contributed by atoms with Crippen molar-refractivity contribution in [2.24, 2.45) is 7.05 Å². The summed E-state index contributed by atoms with van der Waals surface area (Å²) in [5.41, 5.74) is 4.65. The molecule has 1 unspecified atom stereocenters.